The van der Waals surface area contributed by atoms with Gasteiger partial charge in [0.2, 0.25) is 0 Å². The van der Waals surface area contributed by atoms with Crippen molar-refractivity contribution in [1.29, 1.82) is 0 Å². The second-order valence-electron chi connectivity index (χ2n) is 4.72. The number of carboxylic acid groups (broad SMARTS) is 1. The molecule has 1 aliphatic heterocycles. The Labute approximate surface area is 114 Å². The number of carboxylic acids is 1. The zero-order valence-electron chi connectivity index (χ0n) is 10.7. The Hall–Kier alpha value is -2.02. The van der Waals surface area contributed by atoms with Crippen molar-refractivity contribution in [3.05, 3.63) is 35.4 Å². The van der Waals surface area contributed by atoms with Crippen LogP contribution in [0.15, 0.2) is 18.2 Å². The van der Waals surface area contributed by atoms with Crippen LogP contribution in [0.4, 0.5) is 8.78 Å². The normalized spacial score (nSPS) is 16.2. The monoisotopic (exact) mass is 284 g/mol. The third-order valence-electron chi connectivity index (χ3n) is 3.32. The molecule has 0 aromatic heterocycles. The Balaban J connectivity index is 1.97. The molecule has 7 heteroatoms. The van der Waals surface area contributed by atoms with Crippen molar-refractivity contribution in [1.82, 2.24) is 4.90 Å². The van der Waals surface area contributed by atoms with E-state index < -0.39 is 17.6 Å². The highest BCUT2D eigenvalue weighted by Gasteiger charge is 2.24. The first-order valence-corrected chi connectivity index (χ1v) is 6.25. The molecular formula is C13H14F2N2O3. The smallest absolute Gasteiger partial charge is 0.254 e. The number of piperazine rings is 1. The van der Waals surface area contributed by atoms with E-state index in [4.69, 9.17) is 0 Å². The van der Waals surface area contributed by atoms with Gasteiger partial charge >= 0.3 is 0 Å². The van der Waals surface area contributed by atoms with E-state index in [1.165, 1.54) is 11.0 Å². The summed E-state index contributed by atoms with van der Waals surface area (Å²) < 4.78 is 25.9. The Morgan fingerprint density at radius 3 is 2.40 bits per heavy atom. The van der Waals surface area contributed by atoms with Crippen LogP contribution in [0.25, 0.3) is 0 Å². The molecule has 0 unspecified atom stereocenters. The Morgan fingerprint density at radius 1 is 1.20 bits per heavy atom. The highest BCUT2D eigenvalue weighted by atomic mass is 19.2. The molecule has 1 fully saturated rings. The molecule has 0 atom stereocenters. The second-order valence-corrected chi connectivity index (χ2v) is 4.72. The molecule has 1 amide bonds. The molecule has 1 saturated heterocycles. The largest absolute Gasteiger partial charge is 0.544 e. The number of hydrogen-bond acceptors (Lipinski definition) is 3. The fourth-order valence-corrected chi connectivity index (χ4v) is 2.22. The van der Waals surface area contributed by atoms with E-state index in [1.807, 2.05) is 0 Å². The Kier molecular flexibility index (Phi) is 4.29. The van der Waals surface area contributed by atoms with Crippen molar-refractivity contribution in [2.24, 2.45) is 0 Å². The van der Waals surface area contributed by atoms with E-state index in [0.717, 1.165) is 17.0 Å². The summed E-state index contributed by atoms with van der Waals surface area (Å²) in [6.45, 7) is 1.64. The van der Waals surface area contributed by atoms with Crippen LogP contribution < -0.4 is 10.0 Å². The molecule has 0 radical (unpaired) electrons. The molecule has 1 aliphatic rings. The quantitative estimate of drug-likeness (QED) is 0.702. The lowest BCUT2D eigenvalue weighted by Gasteiger charge is -2.32. The van der Waals surface area contributed by atoms with Crippen LogP contribution in [-0.2, 0) is 4.79 Å². The zero-order chi connectivity index (χ0) is 14.7. The second kappa shape index (κ2) is 5.96. The molecule has 20 heavy (non-hydrogen) atoms. The van der Waals surface area contributed by atoms with Gasteiger partial charge in [0.15, 0.2) is 11.6 Å². The summed E-state index contributed by atoms with van der Waals surface area (Å²) in [6, 6.07) is 3.03. The van der Waals surface area contributed by atoms with Gasteiger partial charge < -0.3 is 19.7 Å². The summed E-state index contributed by atoms with van der Waals surface area (Å²) in [7, 11) is 0. The Morgan fingerprint density at radius 2 is 1.85 bits per heavy atom. The molecule has 0 spiro atoms. The van der Waals surface area contributed by atoms with E-state index in [-0.39, 0.29) is 18.0 Å². The molecule has 1 aromatic carbocycles. The highest BCUT2D eigenvalue weighted by molar-refractivity contribution is 5.94. The van der Waals surface area contributed by atoms with Gasteiger partial charge in [-0.15, -0.1) is 0 Å². The number of nitrogens with zero attached hydrogens (tertiary/aromatic N) is 1. The van der Waals surface area contributed by atoms with Crippen LogP contribution in [0, 0.1) is 11.6 Å². The average molecular weight is 284 g/mol. The van der Waals surface area contributed by atoms with E-state index in [9.17, 15) is 23.5 Å². The topological polar surface area (TPSA) is 64.9 Å². The van der Waals surface area contributed by atoms with E-state index >= 15 is 0 Å². The number of benzene rings is 1. The van der Waals surface area contributed by atoms with Gasteiger partial charge in [0.05, 0.1) is 32.1 Å². The van der Waals surface area contributed by atoms with Crippen LogP contribution in [-0.4, -0.2) is 49.5 Å². The first-order chi connectivity index (χ1) is 9.47. The predicted molar refractivity (Wildman–Crippen MR) is 62.8 cm³/mol. The molecule has 0 bridgehead atoms. The van der Waals surface area contributed by atoms with Gasteiger partial charge in [-0.2, -0.15) is 0 Å². The van der Waals surface area contributed by atoms with Crippen molar-refractivity contribution in [3.8, 4) is 0 Å². The number of halogens is 2. The molecule has 5 nitrogen and oxygen atoms in total. The minimum absolute atomic E-state index is 0.0900. The average Bonchev–Trinajstić information content (AvgIpc) is 2.41. The van der Waals surface area contributed by atoms with Gasteiger partial charge in [-0.1, -0.05) is 0 Å². The molecule has 108 valence electrons. The lowest BCUT2D eigenvalue weighted by molar-refractivity contribution is -0.898. The molecule has 2 rings (SSSR count). The van der Waals surface area contributed by atoms with Crippen LogP contribution in [0.1, 0.15) is 10.4 Å². The maximum atomic E-state index is 13.1. The van der Waals surface area contributed by atoms with E-state index in [0.29, 0.717) is 26.2 Å². The number of rotatable bonds is 3. The lowest BCUT2D eigenvalue weighted by atomic mass is 10.1. The van der Waals surface area contributed by atoms with Crippen LogP contribution in [0.2, 0.25) is 0 Å². The van der Waals surface area contributed by atoms with Gasteiger partial charge in [0.1, 0.15) is 6.54 Å². The standard InChI is InChI=1S/C13H14F2N2O3/c14-10-2-1-9(7-11(10)15)13(20)17-5-3-16(4-6-17)8-12(18)19/h1-2,7H,3-6,8H2,(H,18,19). The van der Waals surface area contributed by atoms with E-state index in [2.05, 4.69) is 0 Å². The minimum Gasteiger partial charge on any atom is -0.544 e. The number of nitrogens with one attached hydrogen (secondary N) is 1. The maximum absolute atomic E-state index is 13.1. The molecule has 0 saturated carbocycles. The summed E-state index contributed by atoms with van der Waals surface area (Å²) in [4.78, 5) is 24.9. The molecule has 1 heterocycles. The molecule has 1 N–H and O–H groups in total. The molecule has 0 aliphatic carbocycles. The number of quaternary nitrogens is 1. The van der Waals surface area contributed by atoms with Crippen molar-refractivity contribution < 1.29 is 28.4 Å². The van der Waals surface area contributed by atoms with Gasteiger partial charge in [-0.3, -0.25) is 4.79 Å². The first-order valence-electron chi connectivity index (χ1n) is 6.25. The number of carbonyl (C=O) groups excluding carboxylic acids is 2. The summed E-state index contributed by atoms with van der Waals surface area (Å²) >= 11 is 0. The summed E-state index contributed by atoms with van der Waals surface area (Å²) in [5, 5.41) is 10.5. The van der Waals surface area contributed by atoms with Gasteiger partial charge in [-0.05, 0) is 18.2 Å². The number of aliphatic carboxylic acids is 1. The van der Waals surface area contributed by atoms with Crippen molar-refractivity contribution in [2.45, 2.75) is 0 Å². The van der Waals surface area contributed by atoms with Crippen molar-refractivity contribution in [2.75, 3.05) is 32.7 Å². The maximum Gasteiger partial charge on any atom is 0.254 e. The fourth-order valence-electron chi connectivity index (χ4n) is 2.22. The summed E-state index contributed by atoms with van der Waals surface area (Å²) in [5.41, 5.74) is 0.0900. The lowest BCUT2D eigenvalue weighted by Crippen LogP contribution is -3.16. The number of carbonyl (C=O) groups is 2. The number of hydrogen-bond donors (Lipinski definition) is 1. The number of amides is 1. The van der Waals surface area contributed by atoms with Crippen LogP contribution in [0.3, 0.4) is 0 Å². The van der Waals surface area contributed by atoms with Crippen LogP contribution >= 0.6 is 0 Å². The van der Waals surface area contributed by atoms with Crippen molar-refractivity contribution in [3.63, 3.8) is 0 Å². The molecular weight excluding hydrogens is 270 g/mol. The predicted octanol–water partition coefficient (Wildman–Crippen LogP) is -1.94. The SMILES string of the molecule is O=C([O-])C[NH+]1CCN(C(=O)c2ccc(F)c(F)c2)CC1. The summed E-state index contributed by atoms with van der Waals surface area (Å²) in [5.74, 6) is -3.56. The minimum atomic E-state index is -1.12. The van der Waals surface area contributed by atoms with Gasteiger partial charge in [0, 0.05) is 5.56 Å². The fraction of sp³-hybridized carbons (Fsp3) is 0.385. The van der Waals surface area contributed by atoms with Gasteiger partial charge in [-0.25, -0.2) is 8.78 Å². The summed E-state index contributed by atoms with van der Waals surface area (Å²) in [6.07, 6.45) is 0. The first kappa shape index (κ1) is 14.4. The Bertz CT molecular complexity index is 528. The van der Waals surface area contributed by atoms with E-state index in [1.54, 1.807) is 0 Å². The van der Waals surface area contributed by atoms with Gasteiger partial charge in [0.25, 0.3) is 5.91 Å². The van der Waals surface area contributed by atoms with Crippen LogP contribution in [0.5, 0.6) is 0 Å². The third-order valence-corrected chi connectivity index (χ3v) is 3.32. The van der Waals surface area contributed by atoms with Crippen molar-refractivity contribution >= 4 is 11.9 Å². The molecule has 1 aromatic rings. The highest BCUT2D eigenvalue weighted by Crippen LogP contribution is 2.11. The third kappa shape index (κ3) is 3.30. The zero-order valence-corrected chi connectivity index (χ0v) is 10.7.